The smallest absolute Gasteiger partial charge is 0.217 e. The van der Waals surface area contributed by atoms with E-state index in [1.54, 1.807) is 6.92 Å². The zero-order valence-electron chi connectivity index (χ0n) is 19.1. The Balaban J connectivity index is 3.83. The maximum atomic E-state index is 10.3. The van der Waals surface area contributed by atoms with Crippen LogP contribution in [0, 0.1) is 0 Å². The predicted octanol–water partition coefficient (Wildman–Crippen LogP) is 5.94. The molecule has 0 aliphatic carbocycles. The van der Waals surface area contributed by atoms with Crippen molar-refractivity contribution >= 4 is 11.3 Å². The number of likely N-dealkylation sites (N-methyl/N-ethyl adjacent to an activating group) is 1. The summed E-state index contributed by atoms with van der Waals surface area (Å²) in [6, 6.07) is 4.41. The molecule has 0 radical (unpaired) electrons. The van der Waals surface area contributed by atoms with E-state index in [1.807, 2.05) is 20.0 Å². The van der Waals surface area contributed by atoms with Crippen LogP contribution in [0.25, 0.3) is 11.3 Å². The molecule has 0 spiro atoms. The molecule has 1 aromatic rings. The summed E-state index contributed by atoms with van der Waals surface area (Å²) in [5, 5.41) is 13.6. The third-order valence-corrected chi connectivity index (χ3v) is 5.11. The van der Waals surface area contributed by atoms with E-state index in [0.717, 1.165) is 30.7 Å². The Labute approximate surface area is 172 Å². The van der Waals surface area contributed by atoms with Crippen LogP contribution < -0.4 is 9.88 Å². The summed E-state index contributed by atoms with van der Waals surface area (Å²) in [5.41, 5.74) is 7.10. The van der Waals surface area contributed by atoms with Crippen LogP contribution in [0.3, 0.4) is 0 Å². The number of hydrogen-bond acceptors (Lipinski definition) is 2. The van der Waals surface area contributed by atoms with Gasteiger partial charge in [0.1, 0.15) is 0 Å². The van der Waals surface area contributed by atoms with E-state index < -0.39 is 0 Å². The van der Waals surface area contributed by atoms with Crippen LogP contribution in [0.2, 0.25) is 0 Å². The quantitative estimate of drug-likeness (QED) is 0.331. The molecule has 0 aliphatic heterocycles. The van der Waals surface area contributed by atoms with Gasteiger partial charge in [-0.25, -0.2) is 0 Å². The molecule has 0 aliphatic rings. The summed E-state index contributed by atoms with van der Waals surface area (Å²) in [5.74, 6) is 0.351. The molecule has 0 saturated carbocycles. The van der Waals surface area contributed by atoms with Gasteiger partial charge in [0, 0.05) is 24.3 Å². The van der Waals surface area contributed by atoms with Crippen LogP contribution in [0.1, 0.15) is 72.6 Å². The number of aliphatic hydroxyl groups is 1. The van der Waals surface area contributed by atoms with E-state index in [9.17, 15) is 5.11 Å². The number of hydrogen-bond donors (Lipinski definition) is 2. The van der Waals surface area contributed by atoms with E-state index in [4.69, 9.17) is 0 Å². The first-order valence-corrected chi connectivity index (χ1v) is 10.1. The molecule has 3 heteroatoms. The number of aromatic nitrogens is 1. The number of rotatable bonds is 8. The van der Waals surface area contributed by atoms with E-state index in [0.29, 0.717) is 5.76 Å². The van der Waals surface area contributed by atoms with Crippen LogP contribution >= 0.6 is 0 Å². The summed E-state index contributed by atoms with van der Waals surface area (Å²) in [4.78, 5) is 0. The zero-order chi connectivity index (χ0) is 21.5. The molecule has 1 rings (SSSR count). The van der Waals surface area contributed by atoms with Gasteiger partial charge in [0.05, 0.1) is 17.8 Å². The number of nitrogens with zero attached hydrogens (tertiary/aromatic N) is 1. The highest BCUT2D eigenvalue weighted by molar-refractivity contribution is 5.62. The molecule has 0 aromatic carbocycles. The molecule has 1 heterocycles. The summed E-state index contributed by atoms with van der Waals surface area (Å²) < 4.78 is 2.25. The molecular weight excluding hydrogens is 344 g/mol. The molecule has 0 atom stereocenters. The molecule has 2 N–H and O–H groups in total. The van der Waals surface area contributed by atoms with Crippen molar-refractivity contribution in [1.29, 1.82) is 0 Å². The van der Waals surface area contributed by atoms with Crippen LogP contribution in [0.5, 0.6) is 0 Å². The topological polar surface area (TPSA) is 36.1 Å². The van der Waals surface area contributed by atoms with Crippen molar-refractivity contribution in [3.8, 4) is 0 Å². The van der Waals surface area contributed by atoms with Gasteiger partial charge in [-0.15, -0.1) is 0 Å². The van der Waals surface area contributed by atoms with Gasteiger partial charge in [0.15, 0.2) is 11.9 Å². The summed E-state index contributed by atoms with van der Waals surface area (Å²) >= 11 is 0. The van der Waals surface area contributed by atoms with E-state index in [1.165, 1.54) is 22.4 Å². The zero-order valence-corrected chi connectivity index (χ0v) is 19.1. The van der Waals surface area contributed by atoms with Crippen molar-refractivity contribution in [2.45, 2.75) is 66.7 Å². The molecular formula is C25H39N2O+. The highest BCUT2D eigenvalue weighted by Gasteiger charge is 2.26. The Morgan fingerprint density at radius 3 is 2.36 bits per heavy atom. The van der Waals surface area contributed by atoms with E-state index in [-0.39, 0.29) is 5.41 Å². The van der Waals surface area contributed by atoms with Crippen LogP contribution in [0.4, 0.5) is 0 Å². The second-order valence-corrected chi connectivity index (χ2v) is 8.49. The summed E-state index contributed by atoms with van der Waals surface area (Å²) in [6.07, 6.45) is 7.86. The van der Waals surface area contributed by atoms with Gasteiger partial charge < -0.3 is 10.4 Å². The van der Waals surface area contributed by atoms with Gasteiger partial charge in [0.2, 0.25) is 5.69 Å². The Morgan fingerprint density at radius 1 is 1.25 bits per heavy atom. The average molecular weight is 384 g/mol. The Kier molecular flexibility index (Phi) is 8.90. The van der Waals surface area contributed by atoms with Gasteiger partial charge >= 0.3 is 0 Å². The lowest BCUT2D eigenvalue weighted by molar-refractivity contribution is -0.586. The number of aliphatic hydroxyl groups excluding tert-OH is 1. The maximum absolute atomic E-state index is 10.3. The van der Waals surface area contributed by atoms with Crippen LogP contribution in [0.15, 0.2) is 54.0 Å². The summed E-state index contributed by atoms with van der Waals surface area (Å²) in [7, 11) is 1.98. The van der Waals surface area contributed by atoms with Gasteiger partial charge in [-0.1, -0.05) is 52.0 Å². The lowest BCUT2D eigenvalue weighted by Crippen LogP contribution is -2.39. The molecule has 0 fully saturated rings. The van der Waals surface area contributed by atoms with Crippen molar-refractivity contribution in [2.75, 3.05) is 13.6 Å². The van der Waals surface area contributed by atoms with Crippen molar-refractivity contribution in [2.24, 2.45) is 0 Å². The largest absolute Gasteiger partial charge is 0.512 e. The predicted molar refractivity (Wildman–Crippen MR) is 122 cm³/mol. The standard InChI is InChI=1S/C25H38N2O/c1-10-12-18(3)15-24(21(11-2)17-26-9)27-14-13-22(25(6,7)8)16-23(27)19(4)20(5)28/h10,12-14,16,26H,1,11,15,17H2,2-9H3/p+1/b18-12+,24-21?. The monoisotopic (exact) mass is 383 g/mol. The fourth-order valence-electron chi connectivity index (χ4n) is 3.23. The Bertz CT molecular complexity index is 785. The Hall–Kier alpha value is -2.13. The minimum Gasteiger partial charge on any atom is -0.512 e. The number of pyridine rings is 1. The average Bonchev–Trinajstić information content (AvgIpc) is 2.62. The minimum absolute atomic E-state index is 0.0403. The third-order valence-electron chi connectivity index (χ3n) is 5.11. The minimum atomic E-state index is 0.0403. The van der Waals surface area contributed by atoms with Crippen molar-refractivity contribution in [1.82, 2.24) is 5.32 Å². The normalized spacial score (nSPS) is 14.5. The van der Waals surface area contributed by atoms with Crippen LogP contribution in [-0.4, -0.2) is 18.7 Å². The molecule has 0 unspecified atom stereocenters. The molecule has 0 saturated heterocycles. The first-order valence-electron chi connectivity index (χ1n) is 10.1. The second kappa shape index (κ2) is 10.4. The lowest BCUT2D eigenvalue weighted by Gasteiger charge is -2.20. The molecule has 154 valence electrons. The van der Waals surface area contributed by atoms with E-state index in [2.05, 4.69) is 75.5 Å². The maximum Gasteiger partial charge on any atom is 0.217 e. The Morgan fingerprint density at radius 2 is 1.89 bits per heavy atom. The summed E-state index contributed by atoms with van der Waals surface area (Å²) in [6.45, 7) is 19.4. The molecule has 28 heavy (non-hydrogen) atoms. The van der Waals surface area contributed by atoms with Gasteiger partial charge in [-0.05, 0) is 45.2 Å². The SMILES string of the molecule is C=C/C=C(\C)CC(=C(CC)CNC)[n+]1ccc(C(C)(C)C)cc1/C(C)=C(/C)O. The fourth-order valence-corrected chi connectivity index (χ4v) is 3.23. The highest BCUT2D eigenvalue weighted by atomic mass is 16.3. The second-order valence-electron chi connectivity index (χ2n) is 8.49. The van der Waals surface area contributed by atoms with Gasteiger partial charge in [-0.3, -0.25) is 0 Å². The number of nitrogens with one attached hydrogen (secondary N) is 1. The molecule has 3 nitrogen and oxygen atoms in total. The van der Waals surface area contributed by atoms with Crippen molar-refractivity contribution in [3.63, 3.8) is 0 Å². The third kappa shape index (κ3) is 6.20. The highest BCUT2D eigenvalue weighted by Crippen LogP contribution is 2.27. The van der Waals surface area contributed by atoms with Crippen molar-refractivity contribution < 1.29 is 9.67 Å². The first kappa shape index (κ1) is 23.9. The van der Waals surface area contributed by atoms with Crippen LogP contribution in [-0.2, 0) is 5.41 Å². The number of allylic oxidation sites excluding steroid dienone is 6. The van der Waals surface area contributed by atoms with Crippen molar-refractivity contribution in [3.05, 3.63) is 65.2 Å². The van der Waals surface area contributed by atoms with Gasteiger partial charge in [0.25, 0.3) is 0 Å². The van der Waals surface area contributed by atoms with Gasteiger partial charge in [-0.2, -0.15) is 4.57 Å². The molecule has 1 aromatic heterocycles. The lowest BCUT2D eigenvalue weighted by atomic mass is 9.86. The fraction of sp³-hybridized carbons (Fsp3) is 0.480. The first-order chi connectivity index (χ1) is 13.1. The van der Waals surface area contributed by atoms with E-state index >= 15 is 0 Å². The molecule has 0 bridgehead atoms. The molecule has 0 amide bonds.